The van der Waals surface area contributed by atoms with Crippen LogP contribution < -0.4 is 0 Å². The molecule has 1 aliphatic heterocycles. The lowest BCUT2D eigenvalue weighted by Crippen LogP contribution is -2.36. The van der Waals surface area contributed by atoms with Gasteiger partial charge in [0.25, 0.3) is 5.91 Å². The SMILES string of the molecule is C=C(/C=C(\C=C(C)C)C(=O)N1CCC[C@H]1CC)N(C)CCc1ccccc1. The molecule has 1 aromatic rings. The molecule has 1 aromatic carbocycles. The molecule has 0 radical (unpaired) electrons. The minimum Gasteiger partial charge on any atom is -0.375 e. The summed E-state index contributed by atoms with van der Waals surface area (Å²) in [6.45, 7) is 12.2. The van der Waals surface area contributed by atoms with Gasteiger partial charge in [0, 0.05) is 37.4 Å². The molecule has 1 fully saturated rings. The smallest absolute Gasteiger partial charge is 0.254 e. The molecule has 0 unspecified atom stereocenters. The van der Waals surface area contributed by atoms with Gasteiger partial charge >= 0.3 is 0 Å². The number of benzene rings is 1. The summed E-state index contributed by atoms with van der Waals surface area (Å²) in [4.78, 5) is 17.3. The summed E-state index contributed by atoms with van der Waals surface area (Å²) in [6.07, 6.45) is 8.13. The maximum Gasteiger partial charge on any atom is 0.254 e. The minimum atomic E-state index is 0.137. The topological polar surface area (TPSA) is 23.6 Å². The van der Waals surface area contributed by atoms with E-state index in [2.05, 4.69) is 42.7 Å². The number of carbonyl (C=O) groups is 1. The van der Waals surface area contributed by atoms with Crippen LogP contribution in [0.25, 0.3) is 0 Å². The first kappa shape index (κ1) is 21.0. The first-order valence-corrected chi connectivity index (χ1v) is 10.0. The van der Waals surface area contributed by atoms with Crippen LogP contribution in [0.4, 0.5) is 0 Å². The van der Waals surface area contributed by atoms with Crippen molar-refractivity contribution < 1.29 is 4.79 Å². The van der Waals surface area contributed by atoms with Gasteiger partial charge in [-0.3, -0.25) is 4.79 Å². The number of hydrogen-bond acceptors (Lipinski definition) is 2. The Morgan fingerprint density at radius 3 is 2.59 bits per heavy atom. The van der Waals surface area contributed by atoms with Gasteiger partial charge in [-0.15, -0.1) is 0 Å². The lowest BCUT2D eigenvalue weighted by molar-refractivity contribution is -0.127. The summed E-state index contributed by atoms with van der Waals surface area (Å²) in [5.41, 5.74) is 4.05. The van der Waals surface area contributed by atoms with Gasteiger partial charge in [-0.2, -0.15) is 0 Å². The average molecular weight is 367 g/mol. The molecule has 27 heavy (non-hydrogen) atoms. The third-order valence-electron chi connectivity index (χ3n) is 5.19. The molecule has 0 saturated carbocycles. The van der Waals surface area contributed by atoms with Crippen molar-refractivity contribution in [3.63, 3.8) is 0 Å². The standard InChI is InChI=1S/C24H34N2O/c1-6-23-13-10-15-26(23)24(27)22(17-19(2)3)18-20(4)25(5)16-14-21-11-8-7-9-12-21/h7-9,11-12,17-18,23H,4,6,10,13-16H2,1-3,5H3/b22-18+/t23-/m1/s1. The van der Waals surface area contributed by atoms with Crippen molar-refractivity contribution >= 4 is 5.91 Å². The summed E-state index contributed by atoms with van der Waals surface area (Å²) in [5, 5.41) is 0. The van der Waals surface area contributed by atoms with Gasteiger partial charge in [0.15, 0.2) is 0 Å². The van der Waals surface area contributed by atoms with Gasteiger partial charge in [-0.05, 0) is 51.2 Å². The maximum atomic E-state index is 13.1. The fraction of sp³-hybridized carbons (Fsp3) is 0.458. The molecule has 3 heteroatoms. The second-order valence-electron chi connectivity index (χ2n) is 7.67. The van der Waals surface area contributed by atoms with Crippen LogP contribution in [0, 0.1) is 0 Å². The summed E-state index contributed by atoms with van der Waals surface area (Å²) < 4.78 is 0. The normalized spacial score (nSPS) is 17.0. The number of amides is 1. The van der Waals surface area contributed by atoms with Crippen LogP contribution in [0.15, 0.2) is 65.9 Å². The average Bonchev–Trinajstić information content (AvgIpc) is 3.14. The Morgan fingerprint density at radius 1 is 1.26 bits per heavy atom. The van der Waals surface area contributed by atoms with Crippen LogP contribution in [0.2, 0.25) is 0 Å². The van der Waals surface area contributed by atoms with Crippen LogP contribution in [-0.2, 0) is 11.2 Å². The largest absolute Gasteiger partial charge is 0.375 e. The predicted octanol–water partition coefficient (Wildman–Crippen LogP) is 4.97. The van der Waals surface area contributed by atoms with Gasteiger partial charge in [-0.1, -0.05) is 55.5 Å². The zero-order valence-electron chi connectivity index (χ0n) is 17.4. The van der Waals surface area contributed by atoms with Crippen LogP contribution in [0.5, 0.6) is 0 Å². The molecule has 0 bridgehead atoms. The second-order valence-corrected chi connectivity index (χ2v) is 7.67. The highest BCUT2D eigenvalue weighted by molar-refractivity contribution is 5.97. The summed E-state index contributed by atoms with van der Waals surface area (Å²) in [7, 11) is 2.04. The van der Waals surface area contributed by atoms with E-state index in [1.54, 1.807) is 0 Å². The van der Waals surface area contributed by atoms with E-state index in [-0.39, 0.29) is 5.91 Å². The lowest BCUT2D eigenvalue weighted by atomic mass is 10.1. The Morgan fingerprint density at radius 2 is 1.96 bits per heavy atom. The van der Waals surface area contributed by atoms with E-state index < -0.39 is 0 Å². The van der Waals surface area contributed by atoms with E-state index in [1.807, 2.05) is 44.0 Å². The van der Waals surface area contributed by atoms with Crippen molar-refractivity contribution in [3.8, 4) is 0 Å². The lowest BCUT2D eigenvalue weighted by Gasteiger charge is -2.25. The van der Waals surface area contributed by atoms with E-state index in [0.717, 1.165) is 55.6 Å². The third-order valence-corrected chi connectivity index (χ3v) is 5.19. The van der Waals surface area contributed by atoms with E-state index in [0.29, 0.717) is 6.04 Å². The van der Waals surface area contributed by atoms with Crippen molar-refractivity contribution in [2.75, 3.05) is 20.1 Å². The predicted molar refractivity (Wildman–Crippen MR) is 114 cm³/mol. The Balaban J connectivity index is 2.09. The molecule has 3 nitrogen and oxygen atoms in total. The van der Waals surface area contributed by atoms with Crippen LogP contribution in [0.3, 0.4) is 0 Å². The van der Waals surface area contributed by atoms with Crippen LogP contribution in [-0.4, -0.2) is 41.9 Å². The summed E-state index contributed by atoms with van der Waals surface area (Å²) in [5.74, 6) is 0.137. The Labute approximate surface area is 165 Å². The Bertz CT molecular complexity index is 698. The highest BCUT2D eigenvalue weighted by Gasteiger charge is 2.28. The fourth-order valence-electron chi connectivity index (χ4n) is 3.54. The first-order valence-electron chi connectivity index (χ1n) is 10.0. The van der Waals surface area contributed by atoms with Crippen molar-refractivity contribution in [3.05, 3.63) is 71.5 Å². The molecule has 1 amide bonds. The molecule has 1 saturated heterocycles. The molecule has 0 N–H and O–H groups in total. The number of allylic oxidation sites excluding steroid dienone is 2. The molecule has 1 aliphatic rings. The van der Waals surface area contributed by atoms with Gasteiger partial charge < -0.3 is 9.80 Å². The summed E-state index contributed by atoms with van der Waals surface area (Å²) >= 11 is 0. The highest BCUT2D eigenvalue weighted by Crippen LogP contribution is 2.23. The van der Waals surface area contributed by atoms with Crippen LogP contribution in [0.1, 0.15) is 45.6 Å². The van der Waals surface area contributed by atoms with E-state index in [4.69, 9.17) is 0 Å². The number of carbonyl (C=O) groups excluding carboxylic acids is 1. The molecule has 146 valence electrons. The van der Waals surface area contributed by atoms with Crippen molar-refractivity contribution in [1.82, 2.24) is 9.80 Å². The molecule has 0 spiro atoms. The van der Waals surface area contributed by atoms with Crippen molar-refractivity contribution in [2.24, 2.45) is 0 Å². The molecular weight excluding hydrogens is 332 g/mol. The van der Waals surface area contributed by atoms with Gasteiger partial charge in [0.2, 0.25) is 0 Å². The van der Waals surface area contributed by atoms with Crippen molar-refractivity contribution in [1.29, 1.82) is 0 Å². The van der Waals surface area contributed by atoms with Crippen molar-refractivity contribution in [2.45, 2.75) is 52.5 Å². The van der Waals surface area contributed by atoms with Gasteiger partial charge in [-0.25, -0.2) is 0 Å². The molecule has 1 heterocycles. The van der Waals surface area contributed by atoms with E-state index in [1.165, 1.54) is 5.56 Å². The fourth-order valence-corrected chi connectivity index (χ4v) is 3.54. The number of likely N-dealkylation sites (tertiary alicyclic amines) is 1. The molecule has 0 aliphatic carbocycles. The van der Waals surface area contributed by atoms with Gasteiger partial charge in [0.1, 0.15) is 0 Å². The summed E-state index contributed by atoms with van der Waals surface area (Å²) in [6, 6.07) is 10.8. The monoisotopic (exact) mass is 366 g/mol. The van der Waals surface area contributed by atoms with E-state index in [9.17, 15) is 4.79 Å². The second kappa shape index (κ2) is 10.1. The number of rotatable bonds is 8. The third kappa shape index (κ3) is 6.13. The minimum absolute atomic E-state index is 0.137. The number of likely N-dealkylation sites (N-methyl/N-ethyl adjacent to an activating group) is 1. The first-order chi connectivity index (χ1) is 12.9. The molecule has 0 aromatic heterocycles. The Hall–Kier alpha value is -2.29. The zero-order chi connectivity index (χ0) is 19.8. The molecule has 1 atom stereocenters. The molecular formula is C24H34N2O. The number of hydrogen-bond donors (Lipinski definition) is 0. The van der Waals surface area contributed by atoms with Gasteiger partial charge in [0.05, 0.1) is 0 Å². The maximum absolute atomic E-state index is 13.1. The zero-order valence-corrected chi connectivity index (χ0v) is 17.4. The highest BCUT2D eigenvalue weighted by atomic mass is 16.2. The molecule has 2 rings (SSSR count). The van der Waals surface area contributed by atoms with Crippen LogP contribution >= 0.6 is 0 Å². The van der Waals surface area contributed by atoms with E-state index >= 15 is 0 Å². The Kier molecular flexibility index (Phi) is 7.90. The number of nitrogens with zero attached hydrogens (tertiary/aromatic N) is 2. The quantitative estimate of drug-likeness (QED) is 0.479.